The van der Waals surface area contributed by atoms with Crippen LogP contribution < -0.4 is 0 Å². The van der Waals surface area contributed by atoms with Gasteiger partial charge in [0.25, 0.3) is 10.1 Å². The van der Waals surface area contributed by atoms with Crippen molar-refractivity contribution in [2.75, 3.05) is 6.61 Å². The molecule has 2 rings (SSSR count). The van der Waals surface area contributed by atoms with Gasteiger partial charge in [0.2, 0.25) is 0 Å². The van der Waals surface area contributed by atoms with Crippen molar-refractivity contribution in [3.63, 3.8) is 0 Å². The summed E-state index contributed by atoms with van der Waals surface area (Å²) in [7, 11) is -3.85. The topological polar surface area (TPSA) is 72.8 Å². The zero-order valence-electron chi connectivity index (χ0n) is 8.84. The average Bonchev–Trinajstić information content (AvgIpc) is 2.71. The van der Waals surface area contributed by atoms with Crippen LogP contribution in [0.2, 0.25) is 0 Å². The smallest absolute Gasteiger partial charge is 0.268 e. The molecule has 2 unspecified atom stereocenters. The lowest BCUT2D eigenvalue weighted by Crippen LogP contribution is -2.22. The molecule has 0 amide bonds. The quantitative estimate of drug-likeness (QED) is 0.734. The summed E-state index contributed by atoms with van der Waals surface area (Å²) in [6.07, 6.45) is 1.14. The third kappa shape index (κ3) is 2.69. The zero-order valence-corrected chi connectivity index (χ0v) is 9.66. The summed E-state index contributed by atoms with van der Waals surface area (Å²) in [5.74, 6) is -0.532. The Morgan fingerprint density at radius 1 is 1.47 bits per heavy atom. The van der Waals surface area contributed by atoms with Gasteiger partial charge in [-0.05, 0) is 32.6 Å². The van der Waals surface area contributed by atoms with Gasteiger partial charge in [-0.3, -0.25) is 4.55 Å². The van der Waals surface area contributed by atoms with E-state index in [-0.39, 0.29) is 12.0 Å². The van der Waals surface area contributed by atoms with Crippen molar-refractivity contribution < 1.29 is 22.4 Å². The van der Waals surface area contributed by atoms with Gasteiger partial charge >= 0.3 is 0 Å². The van der Waals surface area contributed by atoms with Crippen molar-refractivity contribution in [1.82, 2.24) is 0 Å². The van der Waals surface area contributed by atoms with E-state index in [1.54, 1.807) is 0 Å². The SMILES string of the molecule is CC1(C)OC[C@H](CC2CC2S(=O)(=O)O)O1. The maximum Gasteiger partial charge on any atom is 0.268 e. The second-order valence-electron chi connectivity index (χ2n) is 4.74. The van der Waals surface area contributed by atoms with E-state index in [2.05, 4.69) is 0 Å². The highest BCUT2D eigenvalue weighted by atomic mass is 32.2. The van der Waals surface area contributed by atoms with Crippen LogP contribution in [-0.2, 0) is 19.6 Å². The largest absolute Gasteiger partial charge is 0.348 e. The maximum absolute atomic E-state index is 10.8. The molecule has 1 saturated carbocycles. The van der Waals surface area contributed by atoms with E-state index in [4.69, 9.17) is 14.0 Å². The summed E-state index contributed by atoms with van der Waals surface area (Å²) in [4.78, 5) is 0. The van der Waals surface area contributed by atoms with Crippen LogP contribution in [0.1, 0.15) is 26.7 Å². The molecule has 0 aromatic rings. The first-order valence-electron chi connectivity index (χ1n) is 5.06. The van der Waals surface area contributed by atoms with Gasteiger partial charge in [0.1, 0.15) is 0 Å². The fourth-order valence-corrected chi connectivity index (χ4v) is 3.14. The second kappa shape index (κ2) is 3.41. The minimum atomic E-state index is -3.85. The van der Waals surface area contributed by atoms with Crippen LogP contribution in [0.4, 0.5) is 0 Å². The molecule has 1 N–H and O–H groups in total. The van der Waals surface area contributed by atoms with Gasteiger partial charge in [0.15, 0.2) is 5.79 Å². The number of hydrogen-bond acceptors (Lipinski definition) is 4. The van der Waals surface area contributed by atoms with Crippen molar-refractivity contribution in [2.45, 2.75) is 43.8 Å². The molecule has 0 spiro atoms. The van der Waals surface area contributed by atoms with E-state index in [9.17, 15) is 8.42 Å². The fraction of sp³-hybridized carbons (Fsp3) is 1.00. The Hall–Kier alpha value is -0.170. The van der Waals surface area contributed by atoms with Crippen LogP contribution in [0.3, 0.4) is 0 Å². The molecule has 0 radical (unpaired) electrons. The van der Waals surface area contributed by atoms with E-state index in [0.717, 1.165) is 0 Å². The molecule has 15 heavy (non-hydrogen) atoms. The number of hydrogen-bond donors (Lipinski definition) is 1. The van der Waals surface area contributed by atoms with E-state index in [1.807, 2.05) is 13.8 Å². The molecule has 88 valence electrons. The third-order valence-corrected chi connectivity index (χ3v) is 4.22. The maximum atomic E-state index is 10.8. The molecule has 2 aliphatic rings. The fourth-order valence-electron chi connectivity index (χ4n) is 2.05. The van der Waals surface area contributed by atoms with E-state index in [0.29, 0.717) is 19.4 Å². The van der Waals surface area contributed by atoms with Gasteiger partial charge < -0.3 is 9.47 Å². The van der Waals surface area contributed by atoms with Crippen LogP contribution in [0.5, 0.6) is 0 Å². The van der Waals surface area contributed by atoms with Gasteiger partial charge in [0, 0.05) is 0 Å². The lowest BCUT2D eigenvalue weighted by molar-refractivity contribution is -0.139. The summed E-state index contributed by atoms with van der Waals surface area (Å²) in [6.45, 7) is 4.17. The predicted molar refractivity (Wildman–Crippen MR) is 53.0 cm³/mol. The highest BCUT2D eigenvalue weighted by molar-refractivity contribution is 7.86. The Morgan fingerprint density at radius 2 is 2.13 bits per heavy atom. The highest BCUT2D eigenvalue weighted by Crippen LogP contribution is 2.42. The van der Waals surface area contributed by atoms with Crippen molar-refractivity contribution >= 4 is 10.1 Å². The molecule has 5 nitrogen and oxygen atoms in total. The molecule has 1 heterocycles. The average molecular weight is 236 g/mol. The molecule has 0 bridgehead atoms. The lowest BCUT2D eigenvalue weighted by Gasteiger charge is -2.16. The zero-order chi connectivity index (χ0) is 11.3. The van der Waals surface area contributed by atoms with Crippen molar-refractivity contribution in [3.05, 3.63) is 0 Å². The minimum absolute atomic E-state index is 0.0301. The first-order chi connectivity index (χ1) is 6.78. The summed E-state index contributed by atoms with van der Waals surface area (Å²) >= 11 is 0. The van der Waals surface area contributed by atoms with Crippen LogP contribution in [0.25, 0.3) is 0 Å². The van der Waals surface area contributed by atoms with E-state index < -0.39 is 21.2 Å². The van der Waals surface area contributed by atoms with Gasteiger partial charge in [-0.1, -0.05) is 0 Å². The van der Waals surface area contributed by atoms with E-state index in [1.165, 1.54) is 0 Å². The molecular formula is C9H16O5S. The Bertz CT molecular complexity index is 348. The standard InChI is InChI=1S/C9H16O5S/c1-9(2)13-5-7(14-9)3-6-4-8(6)15(10,11)12/h6-8H,3-5H2,1-2H3,(H,10,11,12)/t6?,7-,8?/m0/s1. The van der Waals surface area contributed by atoms with Crippen LogP contribution in [0.15, 0.2) is 0 Å². The van der Waals surface area contributed by atoms with Crippen molar-refractivity contribution in [2.24, 2.45) is 5.92 Å². The van der Waals surface area contributed by atoms with Crippen LogP contribution in [-0.4, -0.2) is 36.7 Å². The molecule has 3 atom stereocenters. The predicted octanol–water partition coefficient (Wildman–Crippen LogP) is 0.804. The summed E-state index contributed by atoms with van der Waals surface area (Å²) in [5, 5.41) is -0.579. The van der Waals surface area contributed by atoms with Gasteiger partial charge in [-0.15, -0.1) is 0 Å². The first kappa shape index (κ1) is 11.3. The van der Waals surface area contributed by atoms with Gasteiger partial charge in [0.05, 0.1) is 18.0 Å². The molecule has 1 saturated heterocycles. The molecular weight excluding hydrogens is 220 g/mol. The summed E-state index contributed by atoms with van der Waals surface area (Å²) in [6, 6.07) is 0. The van der Waals surface area contributed by atoms with Gasteiger partial charge in [-0.2, -0.15) is 8.42 Å². The Kier molecular flexibility index (Phi) is 2.57. The number of ether oxygens (including phenoxy) is 2. The number of rotatable bonds is 3. The van der Waals surface area contributed by atoms with Crippen molar-refractivity contribution in [1.29, 1.82) is 0 Å². The summed E-state index contributed by atoms with van der Waals surface area (Å²) in [5.41, 5.74) is 0. The molecule has 6 heteroatoms. The minimum Gasteiger partial charge on any atom is -0.348 e. The lowest BCUT2D eigenvalue weighted by atomic mass is 10.2. The normalized spacial score (nSPS) is 39.3. The molecule has 1 aliphatic carbocycles. The monoisotopic (exact) mass is 236 g/mol. The molecule has 0 aromatic carbocycles. The van der Waals surface area contributed by atoms with Gasteiger partial charge in [-0.25, -0.2) is 0 Å². The van der Waals surface area contributed by atoms with Crippen molar-refractivity contribution in [3.8, 4) is 0 Å². The first-order valence-corrected chi connectivity index (χ1v) is 6.56. The summed E-state index contributed by atoms with van der Waals surface area (Å²) < 4.78 is 41.3. The second-order valence-corrected chi connectivity index (χ2v) is 6.37. The Balaban J connectivity index is 1.82. The van der Waals surface area contributed by atoms with E-state index >= 15 is 0 Å². The Morgan fingerprint density at radius 3 is 2.53 bits per heavy atom. The molecule has 0 aromatic heterocycles. The molecule has 2 fully saturated rings. The molecule has 1 aliphatic heterocycles. The van der Waals surface area contributed by atoms with Crippen LogP contribution in [0, 0.1) is 5.92 Å². The van der Waals surface area contributed by atoms with Crippen LogP contribution >= 0.6 is 0 Å². The Labute approximate surface area is 89.5 Å². The third-order valence-electron chi connectivity index (χ3n) is 2.87. The highest BCUT2D eigenvalue weighted by Gasteiger charge is 2.49.